The monoisotopic (exact) mass is 251 g/mol. The summed E-state index contributed by atoms with van der Waals surface area (Å²) in [6, 6.07) is 0. The molecule has 0 unspecified atom stereocenters. The first-order valence-electron chi connectivity index (χ1n) is 5.02. The summed E-state index contributed by atoms with van der Waals surface area (Å²) < 4.78 is 0. The van der Waals surface area contributed by atoms with Crippen LogP contribution in [0.4, 0.5) is 5.82 Å². The second-order valence-electron chi connectivity index (χ2n) is 3.30. The van der Waals surface area contributed by atoms with Crippen LogP contribution in [0.2, 0.25) is 5.15 Å². The Balaban J connectivity index is 2.14. The van der Waals surface area contributed by atoms with E-state index in [0.29, 0.717) is 5.82 Å². The highest BCUT2D eigenvalue weighted by Gasteiger charge is 2.11. The van der Waals surface area contributed by atoms with Gasteiger partial charge in [-0.1, -0.05) is 18.5 Å². The Morgan fingerprint density at radius 1 is 1.41 bits per heavy atom. The zero-order chi connectivity index (χ0) is 12.3. The molecule has 0 aromatic carbocycles. The summed E-state index contributed by atoms with van der Waals surface area (Å²) in [7, 11) is 0. The van der Waals surface area contributed by atoms with Gasteiger partial charge in [0.25, 0.3) is 5.91 Å². The van der Waals surface area contributed by atoms with Gasteiger partial charge in [0, 0.05) is 5.56 Å². The first-order valence-corrected chi connectivity index (χ1v) is 5.39. The Labute approximate surface area is 102 Å². The van der Waals surface area contributed by atoms with Crippen molar-refractivity contribution < 1.29 is 4.79 Å². The number of anilines is 1. The molecule has 2 heterocycles. The van der Waals surface area contributed by atoms with E-state index in [0.717, 1.165) is 12.0 Å². The van der Waals surface area contributed by atoms with E-state index in [1.807, 2.05) is 6.92 Å². The van der Waals surface area contributed by atoms with Crippen molar-refractivity contribution in [3.8, 4) is 0 Å². The lowest BCUT2D eigenvalue weighted by Gasteiger charge is -2.03. The van der Waals surface area contributed by atoms with Crippen molar-refractivity contribution in [2.45, 2.75) is 13.3 Å². The van der Waals surface area contributed by atoms with Crippen molar-refractivity contribution >= 4 is 23.3 Å². The summed E-state index contributed by atoms with van der Waals surface area (Å²) in [5.41, 5.74) is 1.13. The molecule has 2 aromatic rings. The smallest absolute Gasteiger partial charge is 0.277 e. The number of H-pyrrole nitrogens is 1. The molecule has 2 N–H and O–H groups in total. The van der Waals surface area contributed by atoms with Gasteiger partial charge in [-0.25, -0.2) is 9.97 Å². The maximum absolute atomic E-state index is 11.8. The summed E-state index contributed by atoms with van der Waals surface area (Å²) in [5.74, 6) is 0.224. The molecule has 0 spiro atoms. The van der Waals surface area contributed by atoms with Gasteiger partial charge in [0.1, 0.15) is 16.7 Å². The van der Waals surface area contributed by atoms with Gasteiger partial charge in [-0.15, -0.1) is 0 Å². The average molecular weight is 252 g/mol. The summed E-state index contributed by atoms with van der Waals surface area (Å²) in [4.78, 5) is 19.4. The van der Waals surface area contributed by atoms with Crippen LogP contribution in [0.3, 0.4) is 0 Å². The lowest BCUT2D eigenvalue weighted by Crippen LogP contribution is -2.15. The van der Waals surface area contributed by atoms with Crippen molar-refractivity contribution in [2.75, 3.05) is 5.32 Å². The molecule has 7 heteroatoms. The fourth-order valence-corrected chi connectivity index (χ4v) is 1.39. The largest absolute Gasteiger partial charge is 0.305 e. The minimum absolute atomic E-state index is 0.200. The third kappa shape index (κ3) is 2.59. The lowest BCUT2D eigenvalue weighted by atomic mass is 10.2. The highest BCUT2D eigenvalue weighted by molar-refractivity contribution is 6.29. The predicted molar refractivity (Wildman–Crippen MR) is 63.0 cm³/mol. The van der Waals surface area contributed by atoms with Gasteiger partial charge >= 0.3 is 0 Å². The number of carbonyl (C=O) groups excluding carboxylic acids is 1. The minimum Gasteiger partial charge on any atom is -0.305 e. The second kappa shape index (κ2) is 4.92. The molecule has 2 aromatic heterocycles. The number of rotatable bonds is 3. The Bertz CT molecular complexity index is 522. The zero-order valence-corrected chi connectivity index (χ0v) is 9.82. The normalized spacial score (nSPS) is 10.2. The number of aromatic nitrogens is 4. The SMILES string of the molecule is CCc1cn[nH]c1NC(=O)c1cnc(Cl)cn1. The minimum atomic E-state index is -0.354. The van der Waals surface area contributed by atoms with E-state index in [-0.39, 0.29) is 16.8 Å². The molecule has 1 amide bonds. The summed E-state index contributed by atoms with van der Waals surface area (Å²) in [5, 5.41) is 9.49. The molecule has 0 aliphatic carbocycles. The molecular weight excluding hydrogens is 242 g/mol. The summed E-state index contributed by atoms with van der Waals surface area (Å²) >= 11 is 5.59. The van der Waals surface area contributed by atoms with Crippen LogP contribution < -0.4 is 5.32 Å². The maximum Gasteiger partial charge on any atom is 0.277 e. The number of amides is 1. The predicted octanol–water partition coefficient (Wildman–Crippen LogP) is 1.67. The van der Waals surface area contributed by atoms with Crippen LogP contribution in [0.5, 0.6) is 0 Å². The number of carbonyl (C=O) groups is 1. The summed E-state index contributed by atoms with van der Waals surface area (Å²) in [6.07, 6.45) is 5.09. The fourth-order valence-electron chi connectivity index (χ4n) is 1.29. The van der Waals surface area contributed by atoms with Gasteiger partial charge in [-0.2, -0.15) is 5.10 Å². The first-order chi connectivity index (χ1) is 8.20. The number of hydrogen-bond acceptors (Lipinski definition) is 4. The maximum atomic E-state index is 11.8. The van der Waals surface area contributed by atoms with Crippen molar-refractivity contribution in [3.05, 3.63) is 35.0 Å². The Kier molecular flexibility index (Phi) is 3.34. The molecule has 0 saturated carbocycles. The third-order valence-corrected chi connectivity index (χ3v) is 2.39. The van der Waals surface area contributed by atoms with E-state index in [2.05, 4.69) is 25.5 Å². The van der Waals surface area contributed by atoms with Gasteiger partial charge in [-0.05, 0) is 6.42 Å². The van der Waals surface area contributed by atoms with E-state index >= 15 is 0 Å². The molecule has 0 aliphatic rings. The van der Waals surface area contributed by atoms with Crippen molar-refractivity contribution in [1.82, 2.24) is 20.2 Å². The van der Waals surface area contributed by atoms with E-state index in [4.69, 9.17) is 11.6 Å². The Morgan fingerprint density at radius 3 is 2.88 bits per heavy atom. The standard InChI is InChI=1S/C10H10ClN5O/c1-2-6-3-14-16-9(6)15-10(17)7-4-13-8(11)5-12-7/h3-5H,2H2,1H3,(H2,14,15,16,17). The van der Waals surface area contributed by atoms with Crippen molar-refractivity contribution in [3.63, 3.8) is 0 Å². The van der Waals surface area contributed by atoms with Gasteiger partial charge in [0.05, 0.1) is 18.6 Å². The van der Waals surface area contributed by atoms with Crippen LogP contribution in [0.15, 0.2) is 18.6 Å². The fraction of sp³-hybridized carbons (Fsp3) is 0.200. The van der Waals surface area contributed by atoms with Crippen LogP contribution in [0.1, 0.15) is 23.0 Å². The third-order valence-electron chi connectivity index (χ3n) is 2.19. The van der Waals surface area contributed by atoms with E-state index in [1.165, 1.54) is 12.4 Å². The van der Waals surface area contributed by atoms with Gasteiger partial charge in [0.2, 0.25) is 0 Å². The molecule has 0 atom stereocenters. The van der Waals surface area contributed by atoms with Crippen LogP contribution >= 0.6 is 11.6 Å². The molecule has 2 rings (SSSR count). The molecule has 0 radical (unpaired) electrons. The van der Waals surface area contributed by atoms with Crippen LogP contribution in [0.25, 0.3) is 0 Å². The van der Waals surface area contributed by atoms with Gasteiger partial charge < -0.3 is 5.32 Å². The molecular formula is C10H10ClN5O. The van der Waals surface area contributed by atoms with Crippen LogP contribution in [0, 0.1) is 0 Å². The quantitative estimate of drug-likeness (QED) is 0.869. The molecule has 6 nitrogen and oxygen atoms in total. The second-order valence-corrected chi connectivity index (χ2v) is 3.69. The number of aromatic amines is 1. The molecule has 17 heavy (non-hydrogen) atoms. The first kappa shape index (κ1) is 11.5. The molecule has 0 fully saturated rings. The zero-order valence-electron chi connectivity index (χ0n) is 9.07. The number of nitrogens with one attached hydrogen (secondary N) is 2. The van der Waals surface area contributed by atoms with E-state index < -0.39 is 0 Å². The van der Waals surface area contributed by atoms with Crippen molar-refractivity contribution in [2.24, 2.45) is 0 Å². The average Bonchev–Trinajstić information content (AvgIpc) is 2.77. The number of aryl methyl sites for hydroxylation is 1. The Hall–Kier alpha value is -1.95. The van der Waals surface area contributed by atoms with Crippen molar-refractivity contribution in [1.29, 1.82) is 0 Å². The van der Waals surface area contributed by atoms with E-state index in [9.17, 15) is 4.79 Å². The highest BCUT2D eigenvalue weighted by Crippen LogP contribution is 2.12. The number of hydrogen-bond donors (Lipinski definition) is 2. The summed E-state index contributed by atoms with van der Waals surface area (Å²) in [6.45, 7) is 1.97. The molecule has 0 bridgehead atoms. The van der Waals surface area contributed by atoms with Gasteiger partial charge in [0.15, 0.2) is 0 Å². The number of halogens is 1. The Morgan fingerprint density at radius 2 is 2.24 bits per heavy atom. The van der Waals surface area contributed by atoms with Crippen LogP contribution in [-0.2, 0) is 6.42 Å². The number of nitrogens with zero attached hydrogens (tertiary/aromatic N) is 3. The molecule has 0 saturated heterocycles. The highest BCUT2D eigenvalue weighted by atomic mass is 35.5. The topological polar surface area (TPSA) is 83.6 Å². The van der Waals surface area contributed by atoms with E-state index in [1.54, 1.807) is 6.20 Å². The molecule has 88 valence electrons. The molecule has 0 aliphatic heterocycles. The lowest BCUT2D eigenvalue weighted by molar-refractivity contribution is 0.102. The van der Waals surface area contributed by atoms with Crippen LogP contribution in [-0.4, -0.2) is 26.1 Å². The van der Waals surface area contributed by atoms with Gasteiger partial charge in [-0.3, -0.25) is 9.89 Å².